The van der Waals surface area contributed by atoms with Crippen LogP contribution in [0.25, 0.3) is 0 Å². The maximum absolute atomic E-state index is 12.1. The molecule has 2 atom stereocenters. The largest absolute Gasteiger partial charge is 0.480 e. The van der Waals surface area contributed by atoms with Gasteiger partial charge in [-0.25, -0.2) is 0 Å². The highest BCUT2D eigenvalue weighted by Crippen LogP contribution is 2.37. The first-order chi connectivity index (χ1) is 13.4. The smallest absolute Gasteiger partial charge is 0.321 e. The SMILES string of the molecule is O=C(CSc1ccc([C@H]2N[C@H](C(=O)O)CS2)cc1[N+](=O)[O-])Nc1ccccc1. The molecule has 3 rings (SSSR count). The summed E-state index contributed by atoms with van der Waals surface area (Å²) in [5.41, 5.74) is 1.20. The molecule has 0 unspecified atom stereocenters. The number of nitrogens with zero attached hydrogens (tertiary/aromatic N) is 1. The van der Waals surface area contributed by atoms with Crippen molar-refractivity contribution in [3.05, 3.63) is 64.2 Å². The fraction of sp³-hybridized carbons (Fsp3) is 0.222. The number of carbonyl (C=O) groups is 2. The summed E-state index contributed by atoms with van der Waals surface area (Å²) in [6, 6.07) is 13.0. The fourth-order valence-corrected chi connectivity index (χ4v) is 4.66. The summed E-state index contributed by atoms with van der Waals surface area (Å²) in [5.74, 6) is -0.774. The van der Waals surface area contributed by atoms with E-state index >= 15 is 0 Å². The molecule has 28 heavy (non-hydrogen) atoms. The minimum atomic E-state index is -0.943. The molecule has 3 N–H and O–H groups in total. The number of thioether (sulfide) groups is 2. The average Bonchev–Trinajstić information content (AvgIpc) is 3.17. The van der Waals surface area contributed by atoms with Crippen molar-refractivity contribution in [2.24, 2.45) is 0 Å². The van der Waals surface area contributed by atoms with Gasteiger partial charge in [0.1, 0.15) is 6.04 Å². The number of nitro benzene ring substituents is 1. The van der Waals surface area contributed by atoms with Crippen molar-refractivity contribution in [2.45, 2.75) is 16.3 Å². The maximum Gasteiger partial charge on any atom is 0.321 e. The summed E-state index contributed by atoms with van der Waals surface area (Å²) in [6.07, 6.45) is 0. The second kappa shape index (κ2) is 9.09. The van der Waals surface area contributed by atoms with E-state index < -0.39 is 16.9 Å². The molecule has 146 valence electrons. The Balaban J connectivity index is 1.67. The summed E-state index contributed by atoms with van der Waals surface area (Å²) in [5, 5.41) is 25.9. The quantitative estimate of drug-likeness (QED) is 0.356. The van der Waals surface area contributed by atoms with E-state index in [2.05, 4.69) is 10.6 Å². The molecule has 0 radical (unpaired) electrons. The molecule has 2 aromatic carbocycles. The van der Waals surface area contributed by atoms with Gasteiger partial charge in [-0.05, 0) is 23.8 Å². The molecule has 1 fully saturated rings. The van der Waals surface area contributed by atoms with E-state index in [9.17, 15) is 19.7 Å². The van der Waals surface area contributed by atoms with Gasteiger partial charge in [-0.1, -0.05) is 24.3 Å². The van der Waals surface area contributed by atoms with E-state index in [1.165, 1.54) is 17.8 Å². The molecule has 0 saturated carbocycles. The van der Waals surface area contributed by atoms with Gasteiger partial charge < -0.3 is 10.4 Å². The normalized spacial score (nSPS) is 18.6. The lowest BCUT2D eigenvalue weighted by Crippen LogP contribution is -2.33. The van der Waals surface area contributed by atoms with Gasteiger partial charge in [0.05, 0.1) is 20.9 Å². The van der Waals surface area contributed by atoms with Crippen molar-refractivity contribution < 1.29 is 19.6 Å². The Morgan fingerprint density at radius 1 is 1.29 bits per heavy atom. The Morgan fingerprint density at radius 3 is 2.68 bits per heavy atom. The van der Waals surface area contributed by atoms with Crippen molar-refractivity contribution in [2.75, 3.05) is 16.8 Å². The molecule has 0 spiro atoms. The number of para-hydroxylation sites is 1. The predicted molar refractivity (Wildman–Crippen MR) is 109 cm³/mol. The number of rotatable bonds is 7. The van der Waals surface area contributed by atoms with E-state index in [4.69, 9.17) is 5.11 Å². The number of carbonyl (C=O) groups excluding carboxylic acids is 1. The highest BCUT2D eigenvalue weighted by Gasteiger charge is 2.31. The number of amides is 1. The lowest BCUT2D eigenvalue weighted by molar-refractivity contribution is -0.387. The number of benzene rings is 2. The molecular formula is C18H17N3O5S2. The molecule has 0 aliphatic carbocycles. The molecule has 10 heteroatoms. The number of nitrogens with one attached hydrogen (secondary N) is 2. The lowest BCUT2D eigenvalue weighted by atomic mass is 10.2. The van der Waals surface area contributed by atoms with Crippen molar-refractivity contribution >= 4 is 46.8 Å². The summed E-state index contributed by atoms with van der Waals surface area (Å²) in [7, 11) is 0. The zero-order chi connectivity index (χ0) is 20.1. The molecule has 1 saturated heterocycles. The molecular weight excluding hydrogens is 402 g/mol. The van der Waals surface area contributed by atoms with Gasteiger partial charge in [0.2, 0.25) is 5.91 Å². The van der Waals surface area contributed by atoms with Crippen LogP contribution in [0.15, 0.2) is 53.4 Å². The topological polar surface area (TPSA) is 122 Å². The molecule has 1 aliphatic rings. The van der Waals surface area contributed by atoms with Gasteiger partial charge >= 0.3 is 5.97 Å². The second-order valence-corrected chi connectivity index (χ2v) is 8.11. The van der Waals surface area contributed by atoms with Gasteiger partial charge in [-0.3, -0.25) is 25.0 Å². The molecule has 0 bridgehead atoms. The molecule has 0 aromatic heterocycles. The number of hydrogen-bond donors (Lipinski definition) is 3. The Morgan fingerprint density at radius 2 is 2.04 bits per heavy atom. The molecule has 1 amide bonds. The molecule has 2 aromatic rings. The molecule has 1 aliphatic heterocycles. The van der Waals surface area contributed by atoms with E-state index in [-0.39, 0.29) is 22.7 Å². The van der Waals surface area contributed by atoms with Crippen LogP contribution in [-0.4, -0.2) is 39.5 Å². The zero-order valence-electron chi connectivity index (χ0n) is 14.5. The van der Waals surface area contributed by atoms with Crippen LogP contribution in [0.4, 0.5) is 11.4 Å². The van der Waals surface area contributed by atoms with Crippen LogP contribution in [-0.2, 0) is 9.59 Å². The van der Waals surface area contributed by atoms with Crippen molar-refractivity contribution in [3.8, 4) is 0 Å². The maximum atomic E-state index is 12.1. The number of carboxylic acids is 1. The summed E-state index contributed by atoms with van der Waals surface area (Å²) < 4.78 is 0. The zero-order valence-corrected chi connectivity index (χ0v) is 16.2. The average molecular weight is 419 g/mol. The van der Waals surface area contributed by atoms with Gasteiger partial charge in [0.15, 0.2) is 0 Å². The van der Waals surface area contributed by atoms with Gasteiger partial charge in [-0.15, -0.1) is 23.5 Å². The van der Waals surface area contributed by atoms with Crippen molar-refractivity contribution in [1.29, 1.82) is 0 Å². The van der Waals surface area contributed by atoms with Crippen LogP contribution >= 0.6 is 23.5 Å². The summed E-state index contributed by atoms with van der Waals surface area (Å²) in [6.45, 7) is 0. The Bertz CT molecular complexity index is 894. The number of carboxylic acid groups (broad SMARTS) is 1. The van der Waals surface area contributed by atoms with Gasteiger partial charge in [0.25, 0.3) is 5.69 Å². The van der Waals surface area contributed by atoms with Crippen LogP contribution in [0.1, 0.15) is 10.9 Å². The second-order valence-electron chi connectivity index (χ2n) is 5.96. The highest BCUT2D eigenvalue weighted by atomic mass is 32.2. The van der Waals surface area contributed by atoms with E-state index in [1.807, 2.05) is 6.07 Å². The third-order valence-corrected chi connectivity index (χ3v) is 6.31. The number of aliphatic carboxylic acids is 1. The first-order valence-corrected chi connectivity index (χ1v) is 10.3. The third kappa shape index (κ3) is 5.03. The van der Waals surface area contributed by atoms with Crippen LogP contribution in [0.5, 0.6) is 0 Å². The number of anilines is 1. The standard InChI is InChI=1S/C18H17N3O5S2/c22-16(19-12-4-2-1-3-5-12)10-27-15-7-6-11(8-14(15)21(25)26)17-20-13(9-28-17)18(23)24/h1-8,13,17,20H,9-10H2,(H,19,22)(H,23,24)/t13-,17-/m0/s1. The van der Waals surface area contributed by atoms with Crippen LogP contribution in [0.3, 0.4) is 0 Å². The van der Waals surface area contributed by atoms with Crippen molar-refractivity contribution in [3.63, 3.8) is 0 Å². The van der Waals surface area contributed by atoms with Crippen LogP contribution in [0.2, 0.25) is 0 Å². The first-order valence-electron chi connectivity index (χ1n) is 8.30. The minimum Gasteiger partial charge on any atom is -0.480 e. The monoisotopic (exact) mass is 419 g/mol. The summed E-state index contributed by atoms with van der Waals surface area (Å²) in [4.78, 5) is 34.5. The lowest BCUT2D eigenvalue weighted by Gasteiger charge is -2.12. The Hall–Kier alpha value is -2.56. The van der Waals surface area contributed by atoms with Gasteiger partial charge in [-0.2, -0.15) is 0 Å². The Kier molecular flexibility index (Phi) is 6.55. The fourth-order valence-electron chi connectivity index (χ4n) is 2.63. The van der Waals surface area contributed by atoms with E-state index in [1.54, 1.807) is 36.4 Å². The highest BCUT2D eigenvalue weighted by molar-refractivity contribution is 8.00. The Labute approximate surface area is 169 Å². The first kappa shape index (κ1) is 20.2. The van der Waals surface area contributed by atoms with E-state index in [0.717, 1.165) is 11.8 Å². The van der Waals surface area contributed by atoms with Gasteiger partial charge in [0, 0.05) is 17.5 Å². The predicted octanol–water partition coefficient (Wildman–Crippen LogP) is 3.11. The minimum absolute atomic E-state index is 0.0343. The van der Waals surface area contributed by atoms with E-state index in [0.29, 0.717) is 21.9 Å². The number of hydrogen-bond acceptors (Lipinski definition) is 7. The van der Waals surface area contributed by atoms with Crippen LogP contribution < -0.4 is 10.6 Å². The summed E-state index contributed by atoms with van der Waals surface area (Å²) >= 11 is 2.48. The molecule has 8 nitrogen and oxygen atoms in total. The number of nitro groups is 1. The molecule has 1 heterocycles. The van der Waals surface area contributed by atoms with Crippen LogP contribution in [0, 0.1) is 10.1 Å². The third-order valence-electron chi connectivity index (χ3n) is 3.98. The van der Waals surface area contributed by atoms with Crippen molar-refractivity contribution in [1.82, 2.24) is 5.32 Å².